The SMILES string of the molecule is COc1ccc(S(=O)(=O)N2CCC[C@H](c3nc(-c4ccc(Cl)cc4)no3)C2)cc1. The zero-order valence-corrected chi connectivity index (χ0v) is 17.4. The van der Waals surface area contributed by atoms with Gasteiger partial charge in [0.05, 0.1) is 17.9 Å². The summed E-state index contributed by atoms with van der Waals surface area (Å²) in [5, 5.41) is 4.67. The van der Waals surface area contributed by atoms with Crippen LogP contribution in [0, 0.1) is 0 Å². The molecule has 3 aromatic rings. The minimum atomic E-state index is -3.60. The molecule has 0 unspecified atom stereocenters. The number of nitrogens with zero attached hydrogens (tertiary/aromatic N) is 3. The summed E-state index contributed by atoms with van der Waals surface area (Å²) in [5.41, 5.74) is 0.794. The van der Waals surface area contributed by atoms with Crippen molar-refractivity contribution < 1.29 is 17.7 Å². The Morgan fingerprint density at radius 1 is 1.14 bits per heavy atom. The van der Waals surface area contributed by atoms with E-state index < -0.39 is 10.0 Å². The van der Waals surface area contributed by atoms with Crippen LogP contribution in [-0.4, -0.2) is 43.1 Å². The van der Waals surface area contributed by atoms with E-state index in [1.54, 1.807) is 43.5 Å². The predicted octanol–water partition coefficient (Wildman–Crippen LogP) is 3.97. The summed E-state index contributed by atoms with van der Waals surface area (Å²) in [6.45, 7) is 0.764. The molecule has 0 bridgehead atoms. The van der Waals surface area contributed by atoms with Gasteiger partial charge in [-0.15, -0.1) is 0 Å². The Balaban J connectivity index is 1.53. The molecule has 4 rings (SSSR count). The van der Waals surface area contributed by atoms with Crippen molar-refractivity contribution in [3.05, 3.63) is 59.4 Å². The lowest BCUT2D eigenvalue weighted by molar-refractivity contribution is 0.265. The fourth-order valence-electron chi connectivity index (χ4n) is 3.38. The van der Waals surface area contributed by atoms with Crippen LogP contribution >= 0.6 is 11.6 Å². The highest BCUT2D eigenvalue weighted by molar-refractivity contribution is 7.89. The number of halogens is 1. The van der Waals surface area contributed by atoms with Crippen molar-refractivity contribution in [3.8, 4) is 17.1 Å². The van der Waals surface area contributed by atoms with Crippen LogP contribution in [0.2, 0.25) is 5.02 Å². The first kappa shape index (κ1) is 19.9. The van der Waals surface area contributed by atoms with Crippen molar-refractivity contribution in [1.29, 1.82) is 0 Å². The van der Waals surface area contributed by atoms with Crippen LogP contribution in [-0.2, 0) is 10.0 Å². The van der Waals surface area contributed by atoms with Gasteiger partial charge in [-0.1, -0.05) is 16.8 Å². The first-order valence-corrected chi connectivity index (χ1v) is 11.0. The van der Waals surface area contributed by atoms with Crippen LogP contribution in [0.4, 0.5) is 0 Å². The van der Waals surface area contributed by atoms with Crippen LogP contribution in [0.15, 0.2) is 57.9 Å². The quantitative estimate of drug-likeness (QED) is 0.605. The number of piperidine rings is 1. The summed E-state index contributed by atoms with van der Waals surface area (Å²) in [5.74, 6) is 1.38. The Labute approximate surface area is 174 Å². The van der Waals surface area contributed by atoms with Crippen LogP contribution in [0.5, 0.6) is 5.75 Å². The first-order valence-electron chi connectivity index (χ1n) is 9.21. The Kier molecular flexibility index (Phi) is 5.58. The van der Waals surface area contributed by atoms with E-state index in [1.165, 1.54) is 4.31 Å². The van der Waals surface area contributed by atoms with E-state index in [0.29, 0.717) is 35.6 Å². The molecule has 1 fully saturated rings. The lowest BCUT2D eigenvalue weighted by Gasteiger charge is -2.30. The summed E-state index contributed by atoms with van der Waals surface area (Å²) >= 11 is 5.92. The third kappa shape index (κ3) is 4.14. The molecule has 29 heavy (non-hydrogen) atoms. The number of ether oxygens (including phenoxy) is 1. The van der Waals surface area contributed by atoms with Crippen molar-refractivity contribution in [2.45, 2.75) is 23.7 Å². The second kappa shape index (κ2) is 8.14. The lowest BCUT2D eigenvalue weighted by atomic mass is 10.00. The largest absolute Gasteiger partial charge is 0.497 e. The second-order valence-corrected chi connectivity index (χ2v) is 9.22. The molecule has 7 nitrogen and oxygen atoms in total. The molecule has 1 atom stereocenters. The molecule has 1 aliphatic heterocycles. The third-order valence-corrected chi connectivity index (χ3v) is 7.11. The number of methoxy groups -OCH3 is 1. The van der Waals surface area contributed by atoms with Crippen molar-refractivity contribution in [1.82, 2.24) is 14.4 Å². The molecule has 0 N–H and O–H groups in total. The van der Waals surface area contributed by atoms with Crippen LogP contribution in [0.1, 0.15) is 24.7 Å². The minimum absolute atomic E-state index is 0.148. The van der Waals surface area contributed by atoms with Crippen LogP contribution in [0.3, 0.4) is 0 Å². The van der Waals surface area contributed by atoms with Gasteiger partial charge in [-0.3, -0.25) is 0 Å². The van der Waals surface area contributed by atoms with Crippen LogP contribution in [0.25, 0.3) is 11.4 Å². The molecule has 0 spiro atoms. The van der Waals surface area contributed by atoms with E-state index in [0.717, 1.165) is 18.4 Å². The number of aromatic nitrogens is 2. The van der Waals surface area contributed by atoms with E-state index in [1.807, 2.05) is 12.1 Å². The molecule has 0 aliphatic carbocycles. The Morgan fingerprint density at radius 3 is 2.55 bits per heavy atom. The fourth-order valence-corrected chi connectivity index (χ4v) is 5.03. The highest BCUT2D eigenvalue weighted by Crippen LogP contribution is 2.31. The molecule has 1 aliphatic rings. The molecule has 2 heterocycles. The summed E-state index contributed by atoms with van der Waals surface area (Å²) in [7, 11) is -2.06. The van der Waals surface area contributed by atoms with Crippen molar-refractivity contribution in [2.24, 2.45) is 0 Å². The molecule has 152 valence electrons. The number of hydrogen-bond donors (Lipinski definition) is 0. The fraction of sp³-hybridized carbons (Fsp3) is 0.300. The molecule has 0 amide bonds. The second-order valence-electron chi connectivity index (χ2n) is 6.84. The third-order valence-electron chi connectivity index (χ3n) is 4.97. The summed E-state index contributed by atoms with van der Waals surface area (Å²) < 4.78 is 38.1. The molecule has 1 aromatic heterocycles. The van der Waals surface area contributed by atoms with Gasteiger partial charge in [-0.2, -0.15) is 9.29 Å². The summed E-state index contributed by atoms with van der Waals surface area (Å²) in [6, 6.07) is 13.6. The Hall–Kier alpha value is -2.42. The first-order chi connectivity index (χ1) is 14.0. The van der Waals surface area contributed by atoms with Gasteiger partial charge in [-0.05, 0) is 61.4 Å². The lowest BCUT2D eigenvalue weighted by Crippen LogP contribution is -2.39. The monoisotopic (exact) mass is 433 g/mol. The van der Waals surface area contributed by atoms with Crippen molar-refractivity contribution in [3.63, 3.8) is 0 Å². The number of hydrogen-bond acceptors (Lipinski definition) is 6. The maximum absolute atomic E-state index is 13.0. The maximum Gasteiger partial charge on any atom is 0.243 e. The number of sulfonamides is 1. The number of rotatable bonds is 5. The topological polar surface area (TPSA) is 85.5 Å². The molecular formula is C20H20ClN3O4S. The van der Waals surface area contributed by atoms with Crippen LogP contribution < -0.4 is 4.74 Å². The Bertz CT molecular complexity index is 1080. The highest BCUT2D eigenvalue weighted by Gasteiger charge is 2.33. The smallest absolute Gasteiger partial charge is 0.243 e. The van der Waals surface area contributed by atoms with Gasteiger partial charge in [0, 0.05) is 23.7 Å². The number of benzene rings is 2. The van der Waals surface area contributed by atoms with Gasteiger partial charge < -0.3 is 9.26 Å². The van der Waals surface area contributed by atoms with Gasteiger partial charge in [0.15, 0.2) is 0 Å². The normalized spacial score (nSPS) is 17.9. The van der Waals surface area contributed by atoms with Gasteiger partial charge in [0.2, 0.25) is 21.7 Å². The average molecular weight is 434 g/mol. The molecule has 2 aromatic carbocycles. The predicted molar refractivity (Wildman–Crippen MR) is 108 cm³/mol. The van der Waals surface area contributed by atoms with Crippen molar-refractivity contribution >= 4 is 21.6 Å². The van der Waals surface area contributed by atoms with Gasteiger partial charge >= 0.3 is 0 Å². The molecule has 0 radical (unpaired) electrons. The van der Waals surface area contributed by atoms with E-state index in [-0.39, 0.29) is 10.8 Å². The van der Waals surface area contributed by atoms with Gasteiger partial charge in [-0.25, -0.2) is 8.42 Å². The van der Waals surface area contributed by atoms with Gasteiger partial charge in [0.1, 0.15) is 5.75 Å². The molecule has 9 heteroatoms. The van der Waals surface area contributed by atoms with E-state index in [2.05, 4.69) is 10.1 Å². The molecule has 1 saturated heterocycles. The van der Waals surface area contributed by atoms with E-state index in [9.17, 15) is 8.42 Å². The highest BCUT2D eigenvalue weighted by atomic mass is 35.5. The Morgan fingerprint density at radius 2 is 1.86 bits per heavy atom. The standard InChI is InChI=1S/C20H20ClN3O4S/c1-27-17-8-10-18(11-9-17)29(25,26)24-12-2-3-15(13-24)20-22-19(23-28-20)14-4-6-16(21)7-5-14/h4-11,15H,2-3,12-13H2,1H3/t15-/m0/s1. The zero-order valence-electron chi connectivity index (χ0n) is 15.8. The van der Waals surface area contributed by atoms with E-state index >= 15 is 0 Å². The maximum atomic E-state index is 13.0. The van der Waals surface area contributed by atoms with Gasteiger partial charge in [0.25, 0.3) is 0 Å². The molecule has 0 saturated carbocycles. The molecular weight excluding hydrogens is 414 g/mol. The van der Waals surface area contributed by atoms with E-state index in [4.69, 9.17) is 20.9 Å². The summed E-state index contributed by atoms with van der Waals surface area (Å²) in [4.78, 5) is 4.73. The zero-order chi connectivity index (χ0) is 20.4. The summed E-state index contributed by atoms with van der Waals surface area (Å²) in [6.07, 6.45) is 1.51. The average Bonchev–Trinajstić information content (AvgIpc) is 3.25. The minimum Gasteiger partial charge on any atom is -0.497 e. The van der Waals surface area contributed by atoms with Crippen molar-refractivity contribution in [2.75, 3.05) is 20.2 Å².